The molecule has 1 saturated heterocycles. The highest BCUT2D eigenvalue weighted by atomic mass is 79.9. The zero-order valence-corrected chi connectivity index (χ0v) is 14.1. The maximum atomic E-state index is 14.2. The van der Waals surface area contributed by atoms with E-state index in [9.17, 15) is 8.78 Å². The van der Waals surface area contributed by atoms with Gasteiger partial charge in [0, 0.05) is 15.6 Å². The third-order valence-electron chi connectivity index (χ3n) is 3.61. The average Bonchev–Trinajstić information content (AvgIpc) is 3.06. The van der Waals surface area contributed by atoms with Crippen molar-refractivity contribution in [3.63, 3.8) is 0 Å². The molecule has 0 amide bonds. The monoisotopic (exact) mass is 380 g/mol. The van der Waals surface area contributed by atoms with E-state index in [1.54, 1.807) is 12.2 Å². The molecule has 1 aliphatic rings. The van der Waals surface area contributed by atoms with E-state index < -0.39 is 17.9 Å². The molecule has 1 heterocycles. The van der Waals surface area contributed by atoms with Crippen LogP contribution < -0.4 is 0 Å². The van der Waals surface area contributed by atoms with Gasteiger partial charge in [-0.1, -0.05) is 57.9 Å². The van der Waals surface area contributed by atoms with Crippen molar-refractivity contribution in [3.8, 4) is 0 Å². The Morgan fingerprint density at radius 2 is 1.70 bits per heavy atom. The predicted octanol–water partition coefficient (Wildman–Crippen LogP) is 5.25. The number of hydrogen-bond donors (Lipinski definition) is 0. The first-order valence-corrected chi connectivity index (χ1v) is 8.01. The Morgan fingerprint density at radius 1 is 1.00 bits per heavy atom. The second-order valence-electron chi connectivity index (χ2n) is 5.30. The van der Waals surface area contributed by atoms with Crippen molar-refractivity contribution < 1.29 is 18.3 Å². The van der Waals surface area contributed by atoms with E-state index in [1.165, 1.54) is 12.1 Å². The summed E-state index contributed by atoms with van der Waals surface area (Å²) in [5.74, 6) is -1.83. The standard InChI is InChI=1S/C18H15BrF2O2/c1-11-2-7-15(19)13(10-11)4-3-12-5-6-14(17(21)16(12)20)18-22-8-9-23-18/h2-7,10,18H,8-9H2,1H3/b4-3-. The van der Waals surface area contributed by atoms with Crippen LogP contribution in [0.2, 0.25) is 0 Å². The molecule has 0 bridgehead atoms. The van der Waals surface area contributed by atoms with Gasteiger partial charge in [0.15, 0.2) is 17.9 Å². The molecule has 0 atom stereocenters. The molecule has 2 nitrogen and oxygen atoms in total. The molecule has 0 N–H and O–H groups in total. The van der Waals surface area contributed by atoms with Crippen LogP contribution in [0.5, 0.6) is 0 Å². The van der Waals surface area contributed by atoms with Crippen LogP contribution in [0, 0.1) is 18.6 Å². The van der Waals surface area contributed by atoms with Gasteiger partial charge in [-0.2, -0.15) is 0 Å². The van der Waals surface area contributed by atoms with Gasteiger partial charge >= 0.3 is 0 Å². The van der Waals surface area contributed by atoms with Gasteiger partial charge in [0.05, 0.1) is 13.2 Å². The minimum absolute atomic E-state index is 0.0916. The summed E-state index contributed by atoms with van der Waals surface area (Å²) in [5, 5.41) is 0. The summed E-state index contributed by atoms with van der Waals surface area (Å²) in [4.78, 5) is 0. The lowest BCUT2D eigenvalue weighted by Gasteiger charge is -2.11. The molecule has 1 aliphatic heterocycles. The highest BCUT2D eigenvalue weighted by Gasteiger charge is 2.24. The van der Waals surface area contributed by atoms with Crippen molar-refractivity contribution in [2.75, 3.05) is 13.2 Å². The Hall–Kier alpha value is -1.56. The van der Waals surface area contributed by atoms with Crippen molar-refractivity contribution >= 4 is 28.1 Å². The van der Waals surface area contributed by atoms with Gasteiger partial charge in [0.2, 0.25) is 0 Å². The van der Waals surface area contributed by atoms with Crippen LogP contribution in [-0.2, 0) is 9.47 Å². The number of ether oxygens (including phenoxy) is 2. The molecule has 0 radical (unpaired) electrons. The Kier molecular flexibility index (Phi) is 4.90. The van der Waals surface area contributed by atoms with E-state index in [4.69, 9.17) is 9.47 Å². The Bertz CT molecular complexity index is 753. The molecular weight excluding hydrogens is 366 g/mol. The summed E-state index contributed by atoms with van der Waals surface area (Å²) in [6.45, 7) is 2.74. The molecule has 1 fully saturated rings. The Labute approximate surface area is 141 Å². The quantitative estimate of drug-likeness (QED) is 0.676. The summed E-state index contributed by atoms with van der Waals surface area (Å²) in [6.07, 6.45) is 2.48. The molecule has 120 valence electrons. The van der Waals surface area contributed by atoms with E-state index in [0.29, 0.717) is 13.2 Å². The summed E-state index contributed by atoms with van der Waals surface area (Å²) in [6, 6.07) is 8.88. The van der Waals surface area contributed by atoms with Crippen LogP contribution in [0.25, 0.3) is 12.2 Å². The van der Waals surface area contributed by atoms with Gasteiger partial charge in [-0.3, -0.25) is 0 Å². The second-order valence-corrected chi connectivity index (χ2v) is 6.16. The first-order chi connectivity index (χ1) is 11.1. The van der Waals surface area contributed by atoms with Crippen LogP contribution in [0.3, 0.4) is 0 Å². The van der Waals surface area contributed by atoms with Gasteiger partial charge in [-0.25, -0.2) is 8.78 Å². The minimum Gasteiger partial charge on any atom is -0.346 e. The number of hydrogen-bond acceptors (Lipinski definition) is 2. The van der Waals surface area contributed by atoms with Crippen molar-refractivity contribution in [2.24, 2.45) is 0 Å². The third-order valence-corrected chi connectivity index (χ3v) is 4.33. The topological polar surface area (TPSA) is 18.5 Å². The first-order valence-electron chi connectivity index (χ1n) is 7.21. The largest absolute Gasteiger partial charge is 0.346 e. The van der Waals surface area contributed by atoms with Crippen LogP contribution in [0.1, 0.15) is 28.5 Å². The van der Waals surface area contributed by atoms with Gasteiger partial charge in [0.25, 0.3) is 0 Å². The van der Waals surface area contributed by atoms with E-state index in [2.05, 4.69) is 15.9 Å². The van der Waals surface area contributed by atoms with Crippen LogP contribution in [0.4, 0.5) is 8.78 Å². The van der Waals surface area contributed by atoms with Gasteiger partial charge in [-0.05, 0) is 18.6 Å². The molecule has 0 spiro atoms. The minimum atomic E-state index is -0.928. The number of halogens is 3. The molecule has 23 heavy (non-hydrogen) atoms. The molecule has 2 aromatic carbocycles. The fraction of sp³-hybridized carbons (Fsp3) is 0.222. The molecule has 5 heteroatoms. The molecular formula is C18H15BrF2O2. The molecule has 2 aromatic rings. The van der Waals surface area contributed by atoms with Crippen LogP contribution in [0.15, 0.2) is 34.8 Å². The van der Waals surface area contributed by atoms with E-state index in [-0.39, 0.29) is 11.1 Å². The summed E-state index contributed by atoms with van der Waals surface area (Å²) >= 11 is 3.44. The fourth-order valence-electron chi connectivity index (χ4n) is 2.40. The molecule has 0 saturated carbocycles. The smallest absolute Gasteiger partial charge is 0.186 e. The first kappa shape index (κ1) is 16.3. The van der Waals surface area contributed by atoms with Crippen molar-refractivity contribution in [1.82, 2.24) is 0 Å². The molecule has 0 aliphatic carbocycles. The Balaban J connectivity index is 1.90. The fourth-order valence-corrected chi connectivity index (χ4v) is 2.78. The van der Waals surface area contributed by atoms with Crippen molar-refractivity contribution in [2.45, 2.75) is 13.2 Å². The zero-order valence-electron chi connectivity index (χ0n) is 12.5. The molecule has 0 aromatic heterocycles. The van der Waals surface area contributed by atoms with Crippen LogP contribution in [-0.4, -0.2) is 13.2 Å². The molecule has 0 unspecified atom stereocenters. The third kappa shape index (κ3) is 3.52. The second kappa shape index (κ2) is 6.91. The highest BCUT2D eigenvalue weighted by molar-refractivity contribution is 9.10. The van der Waals surface area contributed by atoms with E-state index in [0.717, 1.165) is 15.6 Å². The average molecular weight is 381 g/mol. The SMILES string of the molecule is Cc1ccc(Br)c(/C=C\c2ccc(C3OCCO3)c(F)c2F)c1. The van der Waals surface area contributed by atoms with E-state index in [1.807, 2.05) is 25.1 Å². The summed E-state index contributed by atoms with van der Waals surface area (Å²) in [5.41, 5.74) is 2.26. The lowest BCUT2D eigenvalue weighted by molar-refractivity contribution is -0.0468. The zero-order chi connectivity index (χ0) is 16.4. The molecule has 3 rings (SSSR count). The maximum Gasteiger partial charge on any atom is 0.186 e. The van der Waals surface area contributed by atoms with E-state index >= 15 is 0 Å². The van der Waals surface area contributed by atoms with Gasteiger partial charge in [-0.15, -0.1) is 0 Å². The number of benzene rings is 2. The highest BCUT2D eigenvalue weighted by Crippen LogP contribution is 2.29. The summed E-state index contributed by atoms with van der Waals surface area (Å²) in [7, 11) is 0. The van der Waals surface area contributed by atoms with Crippen molar-refractivity contribution in [1.29, 1.82) is 0 Å². The Morgan fingerprint density at radius 3 is 2.43 bits per heavy atom. The summed E-state index contributed by atoms with van der Waals surface area (Å²) < 4.78 is 39.8. The van der Waals surface area contributed by atoms with Crippen LogP contribution >= 0.6 is 15.9 Å². The van der Waals surface area contributed by atoms with Gasteiger partial charge < -0.3 is 9.47 Å². The lowest BCUT2D eigenvalue weighted by Crippen LogP contribution is -2.04. The normalized spacial score (nSPS) is 15.7. The van der Waals surface area contributed by atoms with Crippen molar-refractivity contribution in [3.05, 3.63) is 68.7 Å². The maximum absolute atomic E-state index is 14.2. The lowest BCUT2D eigenvalue weighted by atomic mass is 10.1. The number of rotatable bonds is 3. The number of aryl methyl sites for hydroxylation is 1. The van der Waals surface area contributed by atoms with Gasteiger partial charge in [0.1, 0.15) is 0 Å². The predicted molar refractivity (Wildman–Crippen MR) is 88.8 cm³/mol.